The van der Waals surface area contributed by atoms with Crippen LogP contribution in [0.5, 0.6) is 0 Å². The number of hydrogen-bond acceptors (Lipinski definition) is 4. The van der Waals surface area contributed by atoms with Gasteiger partial charge < -0.3 is 19.5 Å². The number of morpholine rings is 1. The quantitative estimate of drug-likeness (QED) is 0.893. The largest absolute Gasteiger partial charge is 0.378 e. The Hall–Kier alpha value is -2.41. The van der Waals surface area contributed by atoms with E-state index in [1.807, 2.05) is 36.4 Å². The molecular formula is C20H23F2N3O2. The first-order valence-electron chi connectivity index (χ1n) is 9.28. The van der Waals surface area contributed by atoms with Crippen LogP contribution in [-0.2, 0) is 11.2 Å². The summed E-state index contributed by atoms with van der Waals surface area (Å²) in [6, 6.07) is 11.7. The van der Waals surface area contributed by atoms with Gasteiger partial charge in [-0.25, -0.2) is 8.78 Å². The van der Waals surface area contributed by atoms with Gasteiger partial charge in [0.1, 0.15) is 5.82 Å². The Kier molecular flexibility index (Phi) is 4.86. The maximum Gasteiger partial charge on any atom is 0.270 e. The second kappa shape index (κ2) is 7.31. The number of nitrogens with one attached hydrogen (secondary N) is 1. The number of rotatable bonds is 4. The van der Waals surface area contributed by atoms with Gasteiger partial charge in [-0.3, -0.25) is 4.79 Å². The normalized spacial score (nSPS) is 22.2. The molecule has 0 spiro atoms. The Morgan fingerprint density at radius 1 is 1.11 bits per heavy atom. The Morgan fingerprint density at radius 3 is 2.59 bits per heavy atom. The average molecular weight is 375 g/mol. The Labute approximate surface area is 156 Å². The van der Waals surface area contributed by atoms with Gasteiger partial charge in [0.2, 0.25) is 0 Å². The summed E-state index contributed by atoms with van der Waals surface area (Å²) in [5.74, 6) is -2.34. The van der Waals surface area contributed by atoms with Gasteiger partial charge in [-0.2, -0.15) is 0 Å². The van der Waals surface area contributed by atoms with E-state index in [0.29, 0.717) is 32.1 Å². The van der Waals surface area contributed by atoms with Crippen LogP contribution in [0.3, 0.4) is 0 Å². The smallest absolute Gasteiger partial charge is 0.270 e. The summed E-state index contributed by atoms with van der Waals surface area (Å²) in [5.41, 5.74) is 1.34. The van der Waals surface area contributed by atoms with Gasteiger partial charge in [0.05, 0.1) is 19.3 Å². The van der Waals surface area contributed by atoms with Crippen LogP contribution in [0.1, 0.15) is 12.0 Å². The molecule has 2 fully saturated rings. The zero-order chi connectivity index (χ0) is 18.9. The van der Waals surface area contributed by atoms with Gasteiger partial charge in [0.15, 0.2) is 0 Å². The monoisotopic (exact) mass is 375 g/mol. The van der Waals surface area contributed by atoms with E-state index in [-0.39, 0.29) is 24.9 Å². The van der Waals surface area contributed by atoms with Crippen LogP contribution in [0.2, 0.25) is 0 Å². The number of ether oxygens (including phenoxy) is 1. The van der Waals surface area contributed by atoms with Crippen molar-refractivity contribution >= 4 is 11.5 Å². The molecule has 0 unspecified atom stereocenters. The number of halogens is 2. The Morgan fingerprint density at radius 2 is 1.85 bits per heavy atom. The standard InChI is InChI=1S/C20H23F2N3O2/c21-20(22)6-7-25(17(20)12-15-4-2-1-3-5-15)18-13-16(14-19(26)23-18)24-8-10-27-11-9-24/h1-5,13-14,17H,6-12H2,(H,23,26)/t17-/m1/s1. The Bertz CT molecular complexity index is 835. The van der Waals surface area contributed by atoms with Crippen LogP contribution < -0.4 is 15.4 Å². The molecule has 0 saturated carbocycles. The molecule has 2 saturated heterocycles. The second-order valence-corrected chi connectivity index (χ2v) is 7.10. The topological polar surface area (TPSA) is 48.6 Å². The van der Waals surface area contributed by atoms with E-state index < -0.39 is 12.0 Å². The number of benzene rings is 1. The van der Waals surface area contributed by atoms with Crippen LogP contribution in [0.25, 0.3) is 0 Å². The first-order valence-corrected chi connectivity index (χ1v) is 9.28. The average Bonchev–Trinajstić information content (AvgIpc) is 2.97. The lowest BCUT2D eigenvalue weighted by atomic mass is 10.0. The third-order valence-corrected chi connectivity index (χ3v) is 5.32. The summed E-state index contributed by atoms with van der Waals surface area (Å²) in [5, 5.41) is 0. The molecule has 3 heterocycles. The van der Waals surface area contributed by atoms with Gasteiger partial charge in [-0.15, -0.1) is 0 Å². The fourth-order valence-electron chi connectivity index (χ4n) is 3.88. The molecule has 2 aliphatic heterocycles. The zero-order valence-corrected chi connectivity index (χ0v) is 15.0. The summed E-state index contributed by atoms with van der Waals surface area (Å²) in [4.78, 5) is 18.7. The predicted molar refractivity (Wildman–Crippen MR) is 101 cm³/mol. The molecule has 1 N–H and O–H groups in total. The molecule has 27 heavy (non-hydrogen) atoms. The lowest BCUT2D eigenvalue weighted by molar-refractivity contribution is -0.00681. The highest BCUT2D eigenvalue weighted by Gasteiger charge is 2.49. The van der Waals surface area contributed by atoms with Crippen molar-refractivity contribution in [2.75, 3.05) is 42.6 Å². The highest BCUT2D eigenvalue weighted by Crippen LogP contribution is 2.38. The molecule has 4 rings (SSSR count). The molecule has 1 aromatic heterocycles. The fraction of sp³-hybridized carbons (Fsp3) is 0.450. The van der Waals surface area contributed by atoms with Gasteiger partial charge in [0, 0.05) is 43.9 Å². The van der Waals surface area contributed by atoms with E-state index in [1.54, 1.807) is 4.90 Å². The zero-order valence-electron chi connectivity index (χ0n) is 15.0. The highest BCUT2D eigenvalue weighted by atomic mass is 19.3. The van der Waals surface area contributed by atoms with E-state index in [4.69, 9.17) is 4.74 Å². The number of aromatic nitrogens is 1. The molecule has 0 amide bonds. The van der Waals surface area contributed by atoms with Crippen molar-refractivity contribution in [3.05, 3.63) is 58.4 Å². The van der Waals surface area contributed by atoms with Crippen molar-refractivity contribution < 1.29 is 13.5 Å². The summed E-state index contributed by atoms with van der Waals surface area (Å²) >= 11 is 0. The first kappa shape index (κ1) is 18.0. The third-order valence-electron chi connectivity index (χ3n) is 5.32. The number of hydrogen-bond donors (Lipinski definition) is 1. The molecule has 144 valence electrons. The van der Waals surface area contributed by atoms with Crippen LogP contribution in [-0.4, -0.2) is 49.8 Å². The van der Waals surface area contributed by atoms with Crippen molar-refractivity contribution in [2.45, 2.75) is 24.8 Å². The van der Waals surface area contributed by atoms with E-state index >= 15 is 0 Å². The molecule has 1 atom stereocenters. The van der Waals surface area contributed by atoms with Crippen molar-refractivity contribution in [1.82, 2.24) is 4.98 Å². The van der Waals surface area contributed by atoms with E-state index in [0.717, 1.165) is 11.3 Å². The number of aromatic amines is 1. The molecule has 7 heteroatoms. The lowest BCUT2D eigenvalue weighted by Gasteiger charge is -2.32. The van der Waals surface area contributed by atoms with Crippen LogP contribution in [0.15, 0.2) is 47.3 Å². The van der Waals surface area contributed by atoms with Crippen molar-refractivity contribution in [3.8, 4) is 0 Å². The van der Waals surface area contributed by atoms with E-state index in [2.05, 4.69) is 9.88 Å². The fourth-order valence-corrected chi connectivity index (χ4v) is 3.88. The minimum atomic E-state index is -2.80. The lowest BCUT2D eigenvalue weighted by Crippen LogP contribution is -2.42. The minimum Gasteiger partial charge on any atom is -0.378 e. The van der Waals surface area contributed by atoms with Crippen molar-refractivity contribution in [1.29, 1.82) is 0 Å². The maximum atomic E-state index is 14.6. The third kappa shape index (κ3) is 3.83. The van der Waals surface area contributed by atoms with E-state index in [9.17, 15) is 13.6 Å². The second-order valence-electron chi connectivity index (χ2n) is 7.10. The van der Waals surface area contributed by atoms with Crippen molar-refractivity contribution in [3.63, 3.8) is 0 Å². The number of anilines is 2. The molecule has 5 nitrogen and oxygen atoms in total. The SMILES string of the molecule is O=c1cc(N2CCOCC2)cc(N2CCC(F)(F)[C@H]2Cc2ccccc2)[nH]1. The number of H-pyrrole nitrogens is 1. The van der Waals surface area contributed by atoms with Crippen LogP contribution >= 0.6 is 0 Å². The molecule has 1 aromatic carbocycles. The van der Waals surface area contributed by atoms with Gasteiger partial charge in [-0.1, -0.05) is 30.3 Å². The van der Waals surface area contributed by atoms with Crippen molar-refractivity contribution in [2.24, 2.45) is 0 Å². The predicted octanol–water partition coefficient (Wildman–Crippen LogP) is 2.67. The molecule has 2 aromatic rings. The summed E-state index contributed by atoms with van der Waals surface area (Å²) in [6.45, 7) is 2.78. The Balaban J connectivity index is 1.64. The van der Waals surface area contributed by atoms with Crippen LogP contribution in [0.4, 0.5) is 20.3 Å². The maximum absolute atomic E-state index is 14.6. The number of nitrogens with zero attached hydrogens (tertiary/aromatic N) is 2. The number of alkyl halides is 2. The van der Waals surface area contributed by atoms with Crippen LogP contribution in [0, 0.1) is 0 Å². The molecular weight excluding hydrogens is 352 g/mol. The summed E-state index contributed by atoms with van der Waals surface area (Å²) < 4.78 is 34.6. The van der Waals surface area contributed by atoms with Gasteiger partial charge in [-0.05, 0) is 12.0 Å². The van der Waals surface area contributed by atoms with E-state index in [1.165, 1.54) is 6.07 Å². The molecule has 0 aliphatic carbocycles. The minimum absolute atomic E-state index is 0.214. The van der Waals surface area contributed by atoms with Gasteiger partial charge in [0.25, 0.3) is 11.5 Å². The molecule has 0 radical (unpaired) electrons. The first-order chi connectivity index (χ1) is 13.0. The molecule has 0 bridgehead atoms. The summed E-state index contributed by atoms with van der Waals surface area (Å²) in [6.07, 6.45) is 0.0198. The highest BCUT2D eigenvalue weighted by molar-refractivity contribution is 5.56. The van der Waals surface area contributed by atoms with Gasteiger partial charge >= 0.3 is 0 Å². The molecule has 2 aliphatic rings. The number of pyridine rings is 1. The summed E-state index contributed by atoms with van der Waals surface area (Å²) in [7, 11) is 0.